The summed E-state index contributed by atoms with van der Waals surface area (Å²) in [6, 6.07) is 15.1. The molecule has 2 N–H and O–H groups in total. The van der Waals surface area contributed by atoms with Crippen molar-refractivity contribution in [2.75, 3.05) is 17.2 Å². The zero-order chi connectivity index (χ0) is 20.1. The zero-order valence-electron chi connectivity index (χ0n) is 16.5. The van der Waals surface area contributed by atoms with Gasteiger partial charge in [-0.05, 0) is 81.3 Å². The Hall–Kier alpha value is -3.41. The Labute approximate surface area is 165 Å². The van der Waals surface area contributed by atoms with Crippen LogP contribution >= 0.6 is 0 Å². The molecule has 0 radical (unpaired) electrons. The molecule has 0 aliphatic rings. The highest BCUT2D eigenvalue weighted by Crippen LogP contribution is 2.18. The Morgan fingerprint density at radius 2 is 1.50 bits per heavy atom. The molecule has 1 aromatic heterocycles. The highest BCUT2D eigenvalue weighted by atomic mass is 16.5. The summed E-state index contributed by atoms with van der Waals surface area (Å²) < 4.78 is 5.56. The molecule has 0 spiro atoms. The van der Waals surface area contributed by atoms with Crippen LogP contribution in [0.1, 0.15) is 22.5 Å². The molecule has 1 heterocycles. The van der Waals surface area contributed by atoms with Crippen LogP contribution in [0, 0.1) is 27.7 Å². The number of nitrogens with one attached hydrogen (secondary N) is 2. The maximum atomic E-state index is 12.1. The molecule has 0 saturated heterocycles. The molecule has 0 aliphatic heterocycles. The normalized spacial score (nSPS) is 10.4. The Balaban J connectivity index is 1.54. The van der Waals surface area contributed by atoms with Crippen LogP contribution in [0.4, 0.5) is 17.3 Å². The predicted molar refractivity (Wildman–Crippen MR) is 111 cm³/mol. The van der Waals surface area contributed by atoms with Gasteiger partial charge in [-0.15, -0.1) is 0 Å². The van der Waals surface area contributed by atoms with Gasteiger partial charge in [0, 0.05) is 22.8 Å². The van der Waals surface area contributed by atoms with Gasteiger partial charge in [0.15, 0.2) is 6.61 Å². The van der Waals surface area contributed by atoms with E-state index < -0.39 is 0 Å². The van der Waals surface area contributed by atoms with Gasteiger partial charge in [-0.2, -0.15) is 0 Å². The van der Waals surface area contributed by atoms with Crippen molar-refractivity contribution in [1.29, 1.82) is 0 Å². The number of hydrogen-bond acceptors (Lipinski definition) is 5. The molecule has 0 atom stereocenters. The number of amides is 1. The molecular weight excluding hydrogens is 352 g/mol. The second-order valence-electron chi connectivity index (χ2n) is 6.76. The van der Waals surface area contributed by atoms with Crippen molar-refractivity contribution in [1.82, 2.24) is 9.97 Å². The van der Waals surface area contributed by atoms with E-state index in [0.29, 0.717) is 17.4 Å². The number of nitrogens with zero attached hydrogens (tertiary/aromatic N) is 2. The molecule has 0 aliphatic carbocycles. The van der Waals surface area contributed by atoms with Gasteiger partial charge < -0.3 is 15.4 Å². The number of aryl methyl sites for hydroxylation is 4. The second-order valence-corrected chi connectivity index (χ2v) is 6.76. The number of rotatable bonds is 6. The third-order valence-corrected chi connectivity index (χ3v) is 4.26. The van der Waals surface area contributed by atoms with Crippen molar-refractivity contribution in [3.05, 3.63) is 71.0 Å². The second kappa shape index (κ2) is 8.52. The topological polar surface area (TPSA) is 76.1 Å². The number of anilines is 3. The summed E-state index contributed by atoms with van der Waals surface area (Å²) in [6.07, 6.45) is 0. The van der Waals surface area contributed by atoms with E-state index in [1.54, 1.807) is 0 Å². The first-order valence-corrected chi connectivity index (χ1v) is 9.08. The molecule has 3 aromatic rings. The summed E-state index contributed by atoms with van der Waals surface area (Å²) in [4.78, 5) is 20.8. The number of aromatic nitrogens is 2. The summed E-state index contributed by atoms with van der Waals surface area (Å²) in [5, 5.41) is 5.99. The van der Waals surface area contributed by atoms with E-state index in [2.05, 4.69) is 20.6 Å². The first-order valence-electron chi connectivity index (χ1n) is 9.08. The van der Waals surface area contributed by atoms with Crippen molar-refractivity contribution in [2.45, 2.75) is 27.7 Å². The van der Waals surface area contributed by atoms with Crippen molar-refractivity contribution in [2.24, 2.45) is 0 Å². The van der Waals surface area contributed by atoms with Crippen LogP contribution in [0.3, 0.4) is 0 Å². The van der Waals surface area contributed by atoms with Crippen molar-refractivity contribution >= 4 is 23.2 Å². The molecular formula is C22H24N4O2. The number of ether oxygens (including phenoxy) is 1. The number of carbonyl (C=O) groups is 1. The van der Waals surface area contributed by atoms with Crippen LogP contribution < -0.4 is 15.4 Å². The van der Waals surface area contributed by atoms with Gasteiger partial charge in [0.25, 0.3) is 5.91 Å². The van der Waals surface area contributed by atoms with E-state index in [4.69, 9.17) is 4.74 Å². The van der Waals surface area contributed by atoms with Crippen LogP contribution in [0.15, 0.2) is 48.5 Å². The molecule has 28 heavy (non-hydrogen) atoms. The molecule has 2 aromatic carbocycles. The van der Waals surface area contributed by atoms with E-state index in [9.17, 15) is 4.79 Å². The van der Waals surface area contributed by atoms with Gasteiger partial charge in [-0.1, -0.05) is 6.07 Å². The van der Waals surface area contributed by atoms with Gasteiger partial charge in [-0.3, -0.25) is 4.79 Å². The van der Waals surface area contributed by atoms with Crippen molar-refractivity contribution in [3.8, 4) is 5.75 Å². The highest BCUT2D eigenvalue weighted by Gasteiger charge is 2.06. The summed E-state index contributed by atoms with van der Waals surface area (Å²) in [6.45, 7) is 7.87. The fourth-order valence-corrected chi connectivity index (χ4v) is 2.70. The van der Waals surface area contributed by atoms with E-state index in [-0.39, 0.29) is 12.5 Å². The van der Waals surface area contributed by atoms with Crippen molar-refractivity contribution < 1.29 is 9.53 Å². The van der Waals surface area contributed by atoms with Crippen LogP contribution in [-0.4, -0.2) is 22.5 Å². The van der Waals surface area contributed by atoms with Crippen LogP contribution in [0.2, 0.25) is 0 Å². The zero-order valence-corrected chi connectivity index (χ0v) is 16.5. The minimum atomic E-state index is -0.212. The Morgan fingerprint density at radius 3 is 2.14 bits per heavy atom. The number of benzene rings is 2. The Kier molecular flexibility index (Phi) is 5.89. The maximum Gasteiger partial charge on any atom is 0.262 e. The molecule has 1 amide bonds. The average molecular weight is 376 g/mol. The van der Waals surface area contributed by atoms with Gasteiger partial charge >= 0.3 is 0 Å². The largest absolute Gasteiger partial charge is 0.484 e. The summed E-state index contributed by atoms with van der Waals surface area (Å²) in [5.74, 6) is 1.03. The van der Waals surface area contributed by atoms with E-state index in [1.807, 2.05) is 76.2 Å². The highest BCUT2D eigenvalue weighted by molar-refractivity contribution is 5.92. The molecule has 0 unspecified atom stereocenters. The standard InChI is InChI=1S/C22H24N4O2/c1-14-5-10-20(11-15(14)2)28-13-21(27)25-18-6-8-19(9-7-18)26-22-23-16(3)12-17(4)24-22/h5-12H,13H2,1-4H3,(H,25,27)(H,23,24,26). The molecule has 3 rings (SSSR count). The lowest BCUT2D eigenvalue weighted by Gasteiger charge is -2.10. The fraction of sp³-hybridized carbons (Fsp3) is 0.227. The predicted octanol–water partition coefficient (Wildman–Crippen LogP) is 4.47. The number of carbonyl (C=O) groups excluding carboxylic acids is 1. The van der Waals surface area contributed by atoms with E-state index >= 15 is 0 Å². The average Bonchev–Trinajstić information content (AvgIpc) is 2.63. The first-order chi connectivity index (χ1) is 13.4. The molecule has 6 nitrogen and oxygen atoms in total. The third kappa shape index (κ3) is 5.30. The Bertz CT molecular complexity index is 964. The third-order valence-electron chi connectivity index (χ3n) is 4.26. The monoisotopic (exact) mass is 376 g/mol. The smallest absolute Gasteiger partial charge is 0.262 e. The van der Waals surface area contributed by atoms with Crippen LogP contribution in [0.25, 0.3) is 0 Å². The van der Waals surface area contributed by atoms with Crippen LogP contribution in [0.5, 0.6) is 5.75 Å². The SMILES string of the molecule is Cc1cc(C)nc(Nc2ccc(NC(=O)COc3ccc(C)c(C)c3)cc2)n1. The first kappa shape index (κ1) is 19.4. The van der Waals surface area contributed by atoms with Gasteiger partial charge in [-0.25, -0.2) is 9.97 Å². The number of hydrogen-bond donors (Lipinski definition) is 2. The molecule has 0 bridgehead atoms. The lowest BCUT2D eigenvalue weighted by molar-refractivity contribution is -0.118. The van der Waals surface area contributed by atoms with Gasteiger partial charge in [0.05, 0.1) is 0 Å². The van der Waals surface area contributed by atoms with Crippen molar-refractivity contribution in [3.63, 3.8) is 0 Å². The molecule has 0 fully saturated rings. The summed E-state index contributed by atoms with van der Waals surface area (Å²) in [5.41, 5.74) is 5.67. The summed E-state index contributed by atoms with van der Waals surface area (Å²) >= 11 is 0. The van der Waals surface area contributed by atoms with E-state index in [0.717, 1.165) is 22.6 Å². The minimum Gasteiger partial charge on any atom is -0.484 e. The van der Waals surface area contributed by atoms with Crippen LogP contribution in [-0.2, 0) is 4.79 Å². The minimum absolute atomic E-state index is 0.0427. The van der Waals surface area contributed by atoms with Gasteiger partial charge in [0.1, 0.15) is 5.75 Å². The van der Waals surface area contributed by atoms with E-state index in [1.165, 1.54) is 5.56 Å². The maximum absolute atomic E-state index is 12.1. The lowest BCUT2D eigenvalue weighted by atomic mass is 10.1. The van der Waals surface area contributed by atoms with Gasteiger partial charge in [0.2, 0.25) is 5.95 Å². The summed E-state index contributed by atoms with van der Waals surface area (Å²) in [7, 11) is 0. The molecule has 0 saturated carbocycles. The lowest BCUT2D eigenvalue weighted by Crippen LogP contribution is -2.20. The molecule has 144 valence electrons. The molecule has 6 heteroatoms. The Morgan fingerprint density at radius 1 is 0.857 bits per heavy atom. The quantitative estimate of drug-likeness (QED) is 0.664. The fourth-order valence-electron chi connectivity index (χ4n) is 2.70.